The van der Waals surface area contributed by atoms with Crippen molar-refractivity contribution >= 4 is 37.1 Å². The SMILES string of the molecule is O=C(CCCCCS)N(CCOCCOCCO)C(=O)CCCCCS. The molecule has 154 valence electrons. The topological polar surface area (TPSA) is 76.1 Å². The molecule has 0 unspecified atom stereocenters. The van der Waals surface area contributed by atoms with Crippen LogP contribution in [0.5, 0.6) is 0 Å². The van der Waals surface area contributed by atoms with E-state index in [9.17, 15) is 9.59 Å². The maximum atomic E-state index is 12.4. The molecule has 6 nitrogen and oxygen atoms in total. The molecule has 0 aromatic heterocycles. The molecule has 0 fully saturated rings. The molecule has 0 heterocycles. The molecule has 8 heteroatoms. The monoisotopic (exact) mass is 409 g/mol. The second-order valence-corrected chi connectivity index (χ2v) is 6.85. The minimum atomic E-state index is -0.122. The summed E-state index contributed by atoms with van der Waals surface area (Å²) in [6.07, 6.45) is 6.16. The molecule has 26 heavy (non-hydrogen) atoms. The standard InChI is InChI=1S/C18H35NO5S2/c20-10-12-24-14-13-23-11-9-19(17(21)7-3-1-5-15-25)18(22)8-4-2-6-16-26/h20,25-26H,1-16H2. The van der Waals surface area contributed by atoms with E-state index in [1.165, 1.54) is 4.90 Å². The number of nitrogens with zero attached hydrogens (tertiary/aromatic N) is 1. The van der Waals surface area contributed by atoms with Crippen molar-refractivity contribution in [3.05, 3.63) is 0 Å². The van der Waals surface area contributed by atoms with Crippen molar-refractivity contribution in [1.82, 2.24) is 4.90 Å². The Hall–Kier alpha value is -0.280. The third-order valence-electron chi connectivity index (χ3n) is 3.77. The number of rotatable bonds is 18. The molecule has 0 saturated carbocycles. The molecular formula is C18H35NO5S2. The Balaban J connectivity index is 4.25. The predicted molar refractivity (Wildman–Crippen MR) is 110 cm³/mol. The normalized spacial score (nSPS) is 10.9. The van der Waals surface area contributed by atoms with Crippen molar-refractivity contribution in [1.29, 1.82) is 0 Å². The molecule has 0 saturated heterocycles. The van der Waals surface area contributed by atoms with Crippen molar-refractivity contribution in [2.45, 2.75) is 51.4 Å². The van der Waals surface area contributed by atoms with E-state index < -0.39 is 0 Å². The number of ether oxygens (including phenoxy) is 2. The average molecular weight is 410 g/mol. The zero-order valence-electron chi connectivity index (χ0n) is 15.7. The molecule has 1 N–H and O–H groups in total. The Morgan fingerprint density at radius 3 is 1.69 bits per heavy atom. The van der Waals surface area contributed by atoms with Gasteiger partial charge in [-0.2, -0.15) is 25.3 Å². The van der Waals surface area contributed by atoms with Gasteiger partial charge in [-0.1, -0.05) is 12.8 Å². The summed E-state index contributed by atoms with van der Waals surface area (Å²) in [7, 11) is 0. The Kier molecular flexibility index (Phi) is 19.3. The third kappa shape index (κ3) is 14.8. The second-order valence-electron chi connectivity index (χ2n) is 5.96. The quantitative estimate of drug-likeness (QED) is 0.239. The molecule has 0 atom stereocenters. The van der Waals surface area contributed by atoms with E-state index in [0.717, 1.165) is 50.0 Å². The van der Waals surface area contributed by atoms with Crippen molar-refractivity contribution in [2.75, 3.05) is 51.1 Å². The fourth-order valence-electron chi connectivity index (χ4n) is 2.33. The molecule has 0 rings (SSSR count). The molecule has 2 amide bonds. The molecule has 0 aromatic rings. The number of carbonyl (C=O) groups excluding carboxylic acids is 2. The van der Waals surface area contributed by atoms with Gasteiger partial charge in [-0.15, -0.1) is 0 Å². The molecule has 0 bridgehead atoms. The number of hydrogen-bond acceptors (Lipinski definition) is 7. The number of thiol groups is 2. The van der Waals surface area contributed by atoms with Gasteiger partial charge in [0.15, 0.2) is 0 Å². The van der Waals surface area contributed by atoms with Crippen molar-refractivity contribution in [2.24, 2.45) is 0 Å². The first-order chi connectivity index (χ1) is 12.7. The molecular weight excluding hydrogens is 374 g/mol. The lowest BCUT2D eigenvalue weighted by atomic mass is 10.1. The van der Waals surface area contributed by atoms with Crippen LogP contribution < -0.4 is 0 Å². The first-order valence-corrected chi connectivity index (χ1v) is 10.7. The van der Waals surface area contributed by atoms with Gasteiger partial charge >= 0.3 is 0 Å². The summed E-state index contributed by atoms with van der Waals surface area (Å²) in [5.74, 6) is 1.38. The highest BCUT2D eigenvalue weighted by Gasteiger charge is 2.20. The molecule has 0 aromatic carbocycles. The zero-order chi connectivity index (χ0) is 19.5. The largest absolute Gasteiger partial charge is 0.394 e. The summed E-state index contributed by atoms with van der Waals surface area (Å²) >= 11 is 8.33. The third-order valence-corrected chi connectivity index (χ3v) is 4.40. The van der Waals surface area contributed by atoms with E-state index in [4.69, 9.17) is 14.6 Å². The van der Waals surface area contributed by atoms with E-state index in [2.05, 4.69) is 25.3 Å². The summed E-state index contributed by atoms with van der Waals surface area (Å²) in [5, 5.41) is 8.62. The van der Waals surface area contributed by atoms with Crippen LogP contribution in [0, 0.1) is 0 Å². The van der Waals surface area contributed by atoms with Crippen LogP contribution in [0.4, 0.5) is 0 Å². The van der Waals surface area contributed by atoms with E-state index in [0.29, 0.717) is 32.7 Å². The maximum absolute atomic E-state index is 12.4. The molecule has 0 aliphatic carbocycles. The summed E-state index contributed by atoms with van der Waals surface area (Å²) in [6, 6.07) is 0. The van der Waals surface area contributed by atoms with Crippen LogP contribution in [-0.4, -0.2) is 72.9 Å². The molecule has 0 spiro atoms. The number of amides is 2. The Labute approximate surface area is 168 Å². The van der Waals surface area contributed by atoms with Gasteiger partial charge in [0.25, 0.3) is 0 Å². The summed E-state index contributed by atoms with van der Waals surface area (Å²) in [4.78, 5) is 26.2. The van der Waals surface area contributed by atoms with Crippen LogP contribution in [-0.2, 0) is 19.1 Å². The van der Waals surface area contributed by atoms with Crippen LogP contribution in [0.1, 0.15) is 51.4 Å². The Morgan fingerprint density at radius 1 is 0.731 bits per heavy atom. The highest BCUT2D eigenvalue weighted by atomic mass is 32.1. The number of aliphatic hydroxyl groups is 1. The highest BCUT2D eigenvalue weighted by molar-refractivity contribution is 7.80. The van der Waals surface area contributed by atoms with Gasteiger partial charge in [0.1, 0.15) is 0 Å². The van der Waals surface area contributed by atoms with Gasteiger partial charge in [-0.25, -0.2) is 0 Å². The number of aliphatic hydroxyl groups excluding tert-OH is 1. The first-order valence-electron chi connectivity index (χ1n) is 9.48. The fraction of sp³-hybridized carbons (Fsp3) is 0.889. The van der Waals surface area contributed by atoms with Crippen LogP contribution in [0.15, 0.2) is 0 Å². The summed E-state index contributed by atoms with van der Waals surface area (Å²) in [5.41, 5.74) is 0. The highest BCUT2D eigenvalue weighted by Crippen LogP contribution is 2.09. The van der Waals surface area contributed by atoms with Gasteiger partial charge in [-0.05, 0) is 37.2 Å². The van der Waals surface area contributed by atoms with Crippen LogP contribution >= 0.6 is 25.3 Å². The smallest absolute Gasteiger partial charge is 0.229 e. The van der Waals surface area contributed by atoms with Gasteiger partial charge in [-0.3, -0.25) is 14.5 Å². The Morgan fingerprint density at radius 2 is 1.23 bits per heavy atom. The lowest BCUT2D eigenvalue weighted by Gasteiger charge is -2.21. The van der Waals surface area contributed by atoms with E-state index in [1.54, 1.807) is 0 Å². The van der Waals surface area contributed by atoms with Crippen molar-refractivity contribution in [3.8, 4) is 0 Å². The van der Waals surface area contributed by atoms with E-state index >= 15 is 0 Å². The number of imide groups is 1. The lowest BCUT2D eigenvalue weighted by Crippen LogP contribution is -2.39. The van der Waals surface area contributed by atoms with Crippen LogP contribution in [0.2, 0.25) is 0 Å². The van der Waals surface area contributed by atoms with Crippen molar-refractivity contribution < 1.29 is 24.2 Å². The van der Waals surface area contributed by atoms with E-state index in [-0.39, 0.29) is 31.6 Å². The van der Waals surface area contributed by atoms with Gasteiger partial charge in [0, 0.05) is 12.8 Å². The first kappa shape index (κ1) is 25.7. The minimum absolute atomic E-state index is 0.0166. The fourth-order valence-corrected chi connectivity index (χ4v) is 2.78. The zero-order valence-corrected chi connectivity index (χ0v) is 17.5. The summed E-state index contributed by atoms with van der Waals surface area (Å²) < 4.78 is 10.5. The molecule has 0 aliphatic rings. The number of hydrogen-bond donors (Lipinski definition) is 3. The number of carbonyl (C=O) groups is 2. The molecule has 0 aliphatic heterocycles. The van der Waals surface area contributed by atoms with Crippen LogP contribution in [0.25, 0.3) is 0 Å². The summed E-state index contributed by atoms with van der Waals surface area (Å²) in [6.45, 7) is 1.60. The molecule has 0 radical (unpaired) electrons. The van der Waals surface area contributed by atoms with Crippen LogP contribution in [0.3, 0.4) is 0 Å². The second kappa shape index (κ2) is 19.5. The Bertz CT molecular complexity index is 334. The van der Waals surface area contributed by atoms with Gasteiger partial charge in [0.2, 0.25) is 11.8 Å². The van der Waals surface area contributed by atoms with Gasteiger partial charge < -0.3 is 14.6 Å². The minimum Gasteiger partial charge on any atom is -0.394 e. The van der Waals surface area contributed by atoms with E-state index in [1.807, 2.05) is 0 Å². The average Bonchev–Trinajstić information content (AvgIpc) is 2.64. The van der Waals surface area contributed by atoms with Gasteiger partial charge in [0.05, 0.1) is 39.6 Å². The predicted octanol–water partition coefficient (Wildman–Crippen LogP) is 2.35. The maximum Gasteiger partial charge on any atom is 0.229 e. The lowest BCUT2D eigenvalue weighted by molar-refractivity contribution is -0.146. The number of unbranched alkanes of at least 4 members (excludes halogenated alkanes) is 4. The van der Waals surface area contributed by atoms with Crippen molar-refractivity contribution in [3.63, 3.8) is 0 Å².